The molecule has 0 radical (unpaired) electrons. The molecule has 96 valence electrons. The molecule has 0 aliphatic rings. The summed E-state index contributed by atoms with van der Waals surface area (Å²) < 4.78 is 15.1. The molecular formula is C14H10ClFN2O. The van der Waals surface area contributed by atoms with Gasteiger partial charge in [-0.2, -0.15) is 5.26 Å². The normalized spacial score (nSPS) is 10.2. The van der Waals surface area contributed by atoms with Gasteiger partial charge in [-0.25, -0.2) is 4.39 Å². The van der Waals surface area contributed by atoms with Crippen LogP contribution in [0.5, 0.6) is 0 Å². The minimum atomic E-state index is -0.471. The molecule has 0 unspecified atom stereocenters. The first kappa shape index (κ1) is 13.3. The summed E-state index contributed by atoms with van der Waals surface area (Å²) in [6.07, 6.45) is 0. The average Bonchev–Trinajstić information content (AvgIpc) is 2.37. The molecule has 0 N–H and O–H groups in total. The van der Waals surface area contributed by atoms with Crippen LogP contribution in [0.1, 0.15) is 16.8 Å². The van der Waals surface area contributed by atoms with Gasteiger partial charge in [0.05, 0.1) is 6.54 Å². The summed E-state index contributed by atoms with van der Waals surface area (Å²) in [5.41, 5.74) is 0.639. The summed E-state index contributed by atoms with van der Waals surface area (Å²) in [7, 11) is 0. The Morgan fingerprint density at radius 3 is 2.74 bits per heavy atom. The van der Waals surface area contributed by atoms with Gasteiger partial charge in [-0.15, -0.1) is 0 Å². The summed E-state index contributed by atoms with van der Waals surface area (Å²) in [6, 6.07) is 9.24. The molecule has 0 aliphatic carbocycles. The third-order valence-electron chi connectivity index (χ3n) is 2.86. The van der Waals surface area contributed by atoms with Crippen LogP contribution in [0.4, 0.5) is 4.39 Å². The van der Waals surface area contributed by atoms with Crippen molar-refractivity contribution in [1.29, 1.82) is 5.26 Å². The van der Waals surface area contributed by atoms with Gasteiger partial charge in [0.1, 0.15) is 17.4 Å². The predicted molar refractivity (Wildman–Crippen MR) is 70.7 cm³/mol. The van der Waals surface area contributed by atoms with Crippen LogP contribution in [0, 0.1) is 24.1 Å². The van der Waals surface area contributed by atoms with E-state index in [4.69, 9.17) is 16.9 Å². The SMILES string of the molecule is Cc1ccc(C#N)c(=O)n1Cc1ccc(Cl)cc1F. The minimum absolute atomic E-state index is 0.0416. The molecule has 0 atom stereocenters. The summed E-state index contributed by atoms with van der Waals surface area (Å²) in [5.74, 6) is -0.471. The maximum Gasteiger partial charge on any atom is 0.268 e. The van der Waals surface area contributed by atoms with Crippen molar-refractivity contribution in [2.45, 2.75) is 13.5 Å². The van der Waals surface area contributed by atoms with Crippen LogP contribution in [0.25, 0.3) is 0 Å². The summed E-state index contributed by atoms with van der Waals surface area (Å²) in [6.45, 7) is 1.81. The zero-order valence-corrected chi connectivity index (χ0v) is 10.9. The number of pyridine rings is 1. The van der Waals surface area contributed by atoms with Crippen LogP contribution in [-0.2, 0) is 6.54 Å². The standard InChI is InChI=1S/C14H10ClFN2O/c1-9-2-3-10(7-17)14(19)18(9)8-11-4-5-12(15)6-13(11)16/h2-6H,8H2,1H3. The molecule has 1 aromatic heterocycles. The van der Waals surface area contributed by atoms with E-state index in [-0.39, 0.29) is 12.1 Å². The van der Waals surface area contributed by atoms with Gasteiger partial charge in [0.2, 0.25) is 0 Å². The van der Waals surface area contributed by atoms with E-state index in [1.165, 1.54) is 22.8 Å². The third kappa shape index (κ3) is 2.67. The lowest BCUT2D eigenvalue weighted by atomic mass is 10.2. The zero-order valence-electron chi connectivity index (χ0n) is 10.2. The average molecular weight is 277 g/mol. The highest BCUT2D eigenvalue weighted by molar-refractivity contribution is 6.30. The second-order valence-electron chi connectivity index (χ2n) is 4.13. The number of halogens is 2. The Bertz CT molecular complexity index is 731. The number of aromatic nitrogens is 1. The van der Waals surface area contributed by atoms with Gasteiger partial charge in [-0.1, -0.05) is 17.7 Å². The second-order valence-corrected chi connectivity index (χ2v) is 4.56. The van der Waals surface area contributed by atoms with Gasteiger partial charge in [-0.05, 0) is 31.2 Å². The Hall–Kier alpha value is -2.12. The number of aryl methyl sites for hydroxylation is 1. The van der Waals surface area contributed by atoms with Gasteiger partial charge in [0, 0.05) is 16.3 Å². The summed E-state index contributed by atoms with van der Waals surface area (Å²) in [4.78, 5) is 12.0. The maximum atomic E-state index is 13.7. The van der Waals surface area contributed by atoms with E-state index in [9.17, 15) is 9.18 Å². The Balaban J connectivity index is 2.50. The fraction of sp³-hybridized carbons (Fsp3) is 0.143. The van der Waals surface area contributed by atoms with E-state index in [1.54, 1.807) is 19.1 Å². The van der Waals surface area contributed by atoms with Crippen molar-refractivity contribution in [2.75, 3.05) is 0 Å². The maximum absolute atomic E-state index is 13.7. The Morgan fingerprint density at radius 1 is 1.37 bits per heavy atom. The summed E-state index contributed by atoms with van der Waals surface area (Å²) >= 11 is 5.68. The Kier molecular flexibility index (Phi) is 3.68. The third-order valence-corrected chi connectivity index (χ3v) is 3.09. The van der Waals surface area contributed by atoms with Crippen LogP contribution in [0.15, 0.2) is 35.1 Å². The largest absolute Gasteiger partial charge is 0.307 e. The molecule has 0 aliphatic heterocycles. The van der Waals surface area contributed by atoms with Crippen LogP contribution in [0.2, 0.25) is 5.02 Å². The number of hydrogen-bond acceptors (Lipinski definition) is 2. The predicted octanol–water partition coefficient (Wildman–Crippen LogP) is 2.87. The van der Waals surface area contributed by atoms with Gasteiger partial charge >= 0.3 is 0 Å². The number of hydrogen-bond donors (Lipinski definition) is 0. The molecule has 1 heterocycles. The monoisotopic (exact) mass is 276 g/mol. The molecule has 0 saturated heterocycles. The first-order chi connectivity index (χ1) is 9.02. The fourth-order valence-corrected chi connectivity index (χ4v) is 1.93. The molecule has 0 fully saturated rings. The molecule has 3 nitrogen and oxygen atoms in total. The molecule has 2 aromatic rings. The second kappa shape index (κ2) is 5.25. The van der Waals surface area contributed by atoms with Gasteiger partial charge in [0.15, 0.2) is 0 Å². The van der Waals surface area contributed by atoms with Crippen LogP contribution < -0.4 is 5.56 Å². The van der Waals surface area contributed by atoms with E-state index in [2.05, 4.69) is 0 Å². The van der Waals surface area contributed by atoms with Crippen molar-refractivity contribution in [2.24, 2.45) is 0 Å². The summed E-state index contributed by atoms with van der Waals surface area (Å²) in [5, 5.41) is 9.14. The lowest BCUT2D eigenvalue weighted by Gasteiger charge is -2.11. The van der Waals surface area contributed by atoms with Crippen molar-refractivity contribution >= 4 is 11.6 Å². The lowest BCUT2D eigenvalue weighted by molar-refractivity contribution is 0.593. The highest BCUT2D eigenvalue weighted by Crippen LogP contribution is 2.15. The van der Waals surface area contributed by atoms with Crippen molar-refractivity contribution in [3.8, 4) is 6.07 Å². The van der Waals surface area contributed by atoms with Crippen molar-refractivity contribution in [3.05, 3.63) is 68.3 Å². The van der Waals surface area contributed by atoms with Crippen LogP contribution in [-0.4, -0.2) is 4.57 Å². The van der Waals surface area contributed by atoms with Gasteiger partial charge < -0.3 is 4.57 Å². The van der Waals surface area contributed by atoms with Crippen LogP contribution >= 0.6 is 11.6 Å². The number of nitriles is 1. The molecular weight excluding hydrogens is 267 g/mol. The molecule has 0 bridgehead atoms. The molecule has 0 amide bonds. The highest BCUT2D eigenvalue weighted by Gasteiger charge is 2.09. The Labute approximate surface area is 114 Å². The van der Waals surface area contributed by atoms with E-state index < -0.39 is 11.4 Å². The van der Waals surface area contributed by atoms with Crippen molar-refractivity contribution in [1.82, 2.24) is 4.57 Å². The Morgan fingerprint density at radius 2 is 2.11 bits per heavy atom. The first-order valence-corrected chi connectivity index (χ1v) is 5.95. The molecule has 19 heavy (non-hydrogen) atoms. The van der Waals surface area contributed by atoms with Crippen LogP contribution in [0.3, 0.4) is 0 Å². The van der Waals surface area contributed by atoms with E-state index in [0.717, 1.165) is 0 Å². The number of nitrogens with zero attached hydrogens (tertiary/aromatic N) is 2. The smallest absolute Gasteiger partial charge is 0.268 e. The fourth-order valence-electron chi connectivity index (χ4n) is 1.77. The molecule has 0 spiro atoms. The van der Waals surface area contributed by atoms with Gasteiger partial charge in [-0.3, -0.25) is 4.79 Å². The lowest BCUT2D eigenvalue weighted by Crippen LogP contribution is -2.25. The minimum Gasteiger partial charge on any atom is -0.307 e. The van der Waals surface area contributed by atoms with E-state index >= 15 is 0 Å². The molecule has 2 rings (SSSR count). The zero-order chi connectivity index (χ0) is 14.0. The van der Waals surface area contributed by atoms with E-state index in [0.29, 0.717) is 16.3 Å². The number of benzene rings is 1. The van der Waals surface area contributed by atoms with E-state index in [1.807, 2.05) is 6.07 Å². The highest BCUT2D eigenvalue weighted by atomic mass is 35.5. The van der Waals surface area contributed by atoms with Crippen molar-refractivity contribution < 1.29 is 4.39 Å². The molecule has 0 saturated carbocycles. The van der Waals surface area contributed by atoms with Crippen molar-refractivity contribution in [3.63, 3.8) is 0 Å². The molecule has 5 heteroatoms. The topological polar surface area (TPSA) is 45.8 Å². The number of rotatable bonds is 2. The van der Waals surface area contributed by atoms with Gasteiger partial charge in [0.25, 0.3) is 5.56 Å². The molecule has 1 aromatic carbocycles. The first-order valence-electron chi connectivity index (χ1n) is 5.57. The quantitative estimate of drug-likeness (QED) is 0.847.